The highest BCUT2D eigenvalue weighted by Crippen LogP contribution is 2.30. The first kappa shape index (κ1) is 14.1. The first-order chi connectivity index (χ1) is 8.90. The summed E-state index contributed by atoms with van der Waals surface area (Å²) < 4.78 is 10.8. The summed E-state index contributed by atoms with van der Waals surface area (Å²) in [5, 5.41) is 0. The molecule has 2 aliphatic rings. The molecule has 2 aliphatic heterocycles. The maximum Gasteiger partial charge on any atom is 0.0876 e. The second-order valence-electron chi connectivity index (χ2n) is 5.67. The van der Waals surface area contributed by atoms with Gasteiger partial charge in [-0.3, -0.25) is 0 Å². The molecule has 0 radical (unpaired) electrons. The van der Waals surface area contributed by atoms with E-state index in [0.717, 1.165) is 19.4 Å². The van der Waals surface area contributed by atoms with E-state index in [1.165, 1.54) is 44.9 Å². The van der Waals surface area contributed by atoms with E-state index >= 15 is 0 Å². The highest BCUT2D eigenvalue weighted by atomic mass is 16.6. The van der Waals surface area contributed by atoms with Crippen LogP contribution in [-0.2, 0) is 9.47 Å². The molecule has 2 heterocycles. The highest BCUT2D eigenvalue weighted by Gasteiger charge is 2.36. The quantitative estimate of drug-likeness (QED) is 0.312. The Labute approximate surface area is 112 Å². The van der Waals surface area contributed by atoms with Crippen LogP contribution in [0.25, 0.3) is 0 Å². The summed E-state index contributed by atoms with van der Waals surface area (Å²) in [6, 6.07) is 0. The van der Waals surface area contributed by atoms with Gasteiger partial charge in [-0.15, -0.1) is 0 Å². The molecular weight excluding hydrogens is 224 g/mol. The standard InChI is InChI=1S/C16H28O2/c1-2-3-4-5-6-7-11-15-16(18-15)12-9-8-10-14-13-17-14/h8-9,14-16H,2-7,10-13H2,1H3. The summed E-state index contributed by atoms with van der Waals surface area (Å²) in [7, 11) is 0. The third kappa shape index (κ3) is 6.01. The van der Waals surface area contributed by atoms with E-state index in [0.29, 0.717) is 18.3 Å². The van der Waals surface area contributed by atoms with Crippen LogP contribution in [0.1, 0.15) is 64.7 Å². The predicted molar refractivity (Wildman–Crippen MR) is 74.8 cm³/mol. The van der Waals surface area contributed by atoms with Gasteiger partial charge in [0, 0.05) is 0 Å². The molecule has 0 bridgehead atoms. The fraction of sp³-hybridized carbons (Fsp3) is 0.875. The highest BCUT2D eigenvalue weighted by molar-refractivity contribution is 4.95. The molecule has 3 atom stereocenters. The molecule has 2 nitrogen and oxygen atoms in total. The number of hydrogen-bond donors (Lipinski definition) is 0. The van der Waals surface area contributed by atoms with E-state index in [2.05, 4.69) is 19.1 Å². The first-order valence-electron chi connectivity index (χ1n) is 7.82. The van der Waals surface area contributed by atoms with Crippen molar-refractivity contribution in [2.75, 3.05) is 6.61 Å². The fourth-order valence-electron chi connectivity index (χ4n) is 2.45. The van der Waals surface area contributed by atoms with E-state index in [1.807, 2.05) is 0 Å². The van der Waals surface area contributed by atoms with Crippen molar-refractivity contribution >= 4 is 0 Å². The minimum Gasteiger partial charge on any atom is -0.373 e. The molecule has 0 saturated carbocycles. The van der Waals surface area contributed by atoms with Gasteiger partial charge in [0.25, 0.3) is 0 Å². The largest absolute Gasteiger partial charge is 0.373 e. The smallest absolute Gasteiger partial charge is 0.0876 e. The van der Waals surface area contributed by atoms with Gasteiger partial charge in [-0.25, -0.2) is 0 Å². The van der Waals surface area contributed by atoms with Crippen LogP contribution in [0, 0.1) is 0 Å². The van der Waals surface area contributed by atoms with Gasteiger partial charge < -0.3 is 9.47 Å². The van der Waals surface area contributed by atoms with E-state index in [4.69, 9.17) is 9.47 Å². The summed E-state index contributed by atoms with van der Waals surface area (Å²) in [6.45, 7) is 3.23. The molecule has 0 aromatic heterocycles. The number of ether oxygens (including phenoxy) is 2. The van der Waals surface area contributed by atoms with Crippen LogP contribution in [0.15, 0.2) is 12.2 Å². The van der Waals surface area contributed by atoms with Crippen LogP contribution in [-0.4, -0.2) is 24.9 Å². The number of epoxide rings is 2. The van der Waals surface area contributed by atoms with Crippen LogP contribution in [0.2, 0.25) is 0 Å². The normalized spacial score (nSPS) is 29.9. The molecule has 2 fully saturated rings. The Hall–Kier alpha value is -0.340. The molecule has 2 heteroatoms. The molecule has 0 spiro atoms. The Morgan fingerprint density at radius 2 is 1.67 bits per heavy atom. The van der Waals surface area contributed by atoms with E-state index < -0.39 is 0 Å². The summed E-state index contributed by atoms with van der Waals surface area (Å²) in [5.41, 5.74) is 0. The van der Waals surface area contributed by atoms with Crippen molar-refractivity contribution in [2.24, 2.45) is 0 Å². The topological polar surface area (TPSA) is 25.1 Å². The molecule has 0 aliphatic carbocycles. The lowest BCUT2D eigenvalue weighted by Crippen LogP contribution is -1.93. The molecule has 0 aromatic rings. The SMILES string of the molecule is CCCCCCCCC1OC1CC=CCC1CO1. The van der Waals surface area contributed by atoms with Crippen LogP contribution < -0.4 is 0 Å². The lowest BCUT2D eigenvalue weighted by molar-refractivity contribution is 0.358. The first-order valence-corrected chi connectivity index (χ1v) is 7.82. The van der Waals surface area contributed by atoms with Gasteiger partial charge in [0.2, 0.25) is 0 Å². The van der Waals surface area contributed by atoms with Crippen molar-refractivity contribution in [2.45, 2.75) is 83.0 Å². The molecule has 0 amide bonds. The summed E-state index contributed by atoms with van der Waals surface area (Å²) in [5.74, 6) is 0. The van der Waals surface area contributed by atoms with Crippen molar-refractivity contribution in [3.05, 3.63) is 12.2 Å². The zero-order chi connectivity index (χ0) is 12.6. The Morgan fingerprint density at radius 3 is 2.44 bits per heavy atom. The van der Waals surface area contributed by atoms with Crippen LogP contribution >= 0.6 is 0 Å². The van der Waals surface area contributed by atoms with Crippen LogP contribution in [0.4, 0.5) is 0 Å². The zero-order valence-corrected chi connectivity index (χ0v) is 11.8. The van der Waals surface area contributed by atoms with Gasteiger partial charge in [-0.2, -0.15) is 0 Å². The van der Waals surface area contributed by atoms with Crippen molar-refractivity contribution < 1.29 is 9.47 Å². The molecule has 3 unspecified atom stereocenters. The fourth-order valence-corrected chi connectivity index (χ4v) is 2.45. The van der Waals surface area contributed by atoms with Crippen molar-refractivity contribution in [1.82, 2.24) is 0 Å². The molecule has 18 heavy (non-hydrogen) atoms. The summed E-state index contributed by atoms with van der Waals surface area (Å²) in [4.78, 5) is 0. The van der Waals surface area contributed by atoms with Crippen molar-refractivity contribution in [1.29, 1.82) is 0 Å². The van der Waals surface area contributed by atoms with Gasteiger partial charge in [0.15, 0.2) is 0 Å². The Balaban J connectivity index is 1.37. The summed E-state index contributed by atoms with van der Waals surface area (Å²) >= 11 is 0. The second-order valence-corrected chi connectivity index (χ2v) is 5.67. The molecule has 104 valence electrons. The molecule has 2 saturated heterocycles. The van der Waals surface area contributed by atoms with E-state index in [1.54, 1.807) is 0 Å². The van der Waals surface area contributed by atoms with Gasteiger partial charge >= 0.3 is 0 Å². The Morgan fingerprint density at radius 1 is 0.944 bits per heavy atom. The van der Waals surface area contributed by atoms with Gasteiger partial charge in [0.05, 0.1) is 24.9 Å². The Kier molecular flexibility index (Phi) is 6.22. The summed E-state index contributed by atoms with van der Waals surface area (Å²) in [6.07, 6.45) is 17.9. The van der Waals surface area contributed by atoms with Gasteiger partial charge in [-0.05, 0) is 19.3 Å². The minimum atomic E-state index is 0.525. The molecule has 2 rings (SSSR count). The second kappa shape index (κ2) is 7.96. The maximum absolute atomic E-state index is 5.68. The third-order valence-corrected chi connectivity index (χ3v) is 3.87. The number of unbranched alkanes of at least 4 members (excludes halogenated alkanes) is 5. The predicted octanol–water partition coefficient (Wildman–Crippen LogP) is 4.24. The third-order valence-electron chi connectivity index (χ3n) is 3.87. The van der Waals surface area contributed by atoms with Crippen molar-refractivity contribution in [3.63, 3.8) is 0 Å². The zero-order valence-electron chi connectivity index (χ0n) is 11.8. The van der Waals surface area contributed by atoms with Crippen LogP contribution in [0.5, 0.6) is 0 Å². The maximum atomic E-state index is 5.68. The minimum absolute atomic E-state index is 0.525. The monoisotopic (exact) mass is 252 g/mol. The average molecular weight is 252 g/mol. The molecular formula is C16H28O2. The Bertz CT molecular complexity index is 245. The van der Waals surface area contributed by atoms with Crippen LogP contribution in [0.3, 0.4) is 0 Å². The lowest BCUT2D eigenvalue weighted by Gasteiger charge is -1.98. The van der Waals surface area contributed by atoms with E-state index in [9.17, 15) is 0 Å². The molecule has 0 N–H and O–H groups in total. The number of rotatable bonds is 11. The lowest BCUT2D eigenvalue weighted by atomic mass is 10.1. The van der Waals surface area contributed by atoms with Gasteiger partial charge in [0.1, 0.15) is 0 Å². The molecule has 0 aromatic carbocycles. The van der Waals surface area contributed by atoms with E-state index in [-0.39, 0.29) is 0 Å². The van der Waals surface area contributed by atoms with Crippen molar-refractivity contribution in [3.8, 4) is 0 Å². The van der Waals surface area contributed by atoms with Gasteiger partial charge in [-0.1, -0.05) is 57.6 Å². The number of hydrogen-bond acceptors (Lipinski definition) is 2. The average Bonchev–Trinajstić information content (AvgIpc) is 3.25.